The Morgan fingerprint density at radius 2 is 1.95 bits per heavy atom. The number of nitrogens with one attached hydrogen (secondary N) is 1. The highest BCUT2D eigenvalue weighted by Gasteiger charge is 2.29. The molecule has 0 aromatic rings. The van der Waals surface area contributed by atoms with Crippen molar-refractivity contribution in [1.29, 1.82) is 0 Å². The molecule has 6 nitrogen and oxygen atoms in total. The Kier molecular flexibility index (Phi) is 6.39. The molecule has 1 aliphatic rings. The van der Waals surface area contributed by atoms with E-state index in [0.717, 1.165) is 12.8 Å². The van der Waals surface area contributed by atoms with Gasteiger partial charge in [0.25, 0.3) is 0 Å². The average molecular weight is 295 g/mol. The number of piperidine rings is 1. The van der Waals surface area contributed by atoms with Gasteiger partial charge >= 0.3 is 0 Å². The minimum atomic E-state index is -0.504. The predicted octanol–water partition coefficient (Wildman–Crippen LogP) is 0.537. The molecule has 21 heavy (non-hydrogen) atoms. The zero-order valence-electron chi connectivity index (χ0n) is 13.1. The van der Waals surface area contributed by atoms with Crippen LogP contribution in [0.15, 0.2) is 12.7 Å². The zero-order chi connectivity index (χ0) is 16.0. The van der Waals surface area contributed by atoms with E-state index in [1.807, 2.05) is 6.92 Å². The van der Waals surface area contributed by atoms with Gasteiger partial charge in [-0.2, -0.15) is 0 Å². The van der Waals surface area contributed by atoms with Crippen molar-refractivity contribution in [1.82, 2.24) is 15.1 Å². The van der Waals surface area contributed by atoms with Crippen LogP contribution in [0, 0.1) is 0 Å². The van der Waals surface area contributed by atoms with Gasteiger partial charge in [0.1, 0.15) is 6.04 Å². The SMILES string of the molecule is C=CC(=O)N(CC)C1CCN(C(=O)[C@@H](C)NC(C)=O)CC1. The molecule has 1 rings (SSSR count). The number of nitrogens with zero attached hydrogens (tertiary/aromatic N) is 2. The Morgan fingerprint density at radius 1 is 1.38 bits per heavy atom. The average Bonchev–Trinajstić information content (AvgIpc) is 2.47. The van der Waals surface area contributed by atoms with E-state index in [0.29, 0.717) is 19.6 Å². The molecule has 0 spiro atoms. The molecular formula is C15H25N3O3. The number of hydrogen-bond acceptors (Lipinski definition) is 3. The summed E-state index contributed by atoms with van der Waals surface area (Å²) in [6, 6.07) is -0.350. The first-order chi connectivity index (χ1) is 9.90. The molecule has 0 aromatic heterocycles. The van der Waals surface area contributed by atoms with E-state index < -0.39 is 6.04 Å². The number of rotatable bonds is 5. The smallest absolute Gasteiger partial charge is 0.246 e. The van der Waals surface area contributed by atoms with Crippen molar-refractivity contribution >= 4 is 17.7 Å². The van der Waals surface area contributed by atoms with E-state index >= 15 is 0 Å². The molecule has 0 aliphatic carbocycles. The van der Waals surface area contributed by atoms with Gasteiger partial charge in [0, 0.05) is 32.6 Å². The third-order valence-electron chi connectivity index (χ3n) is 3.81. The van der Waals surface area contributed by atoms with E-state index in [2.05, 4.69) is 11.9 Å². The molecule has 1 fully saturated rings. The number of likely N-dealkylation sites (tertiary alicyclic amines) is 1. The van der Waals surface area contributed by atoms with E-state index in [1.165, 1.54) is 13.0 Å². The van der Waals surface area contributed by atoms with Crippen LogP contribution in [0.3, 0.4) is 0 Å². The van der Waals surface area contributed by atoms with Crippen LogP contribution in [-0.2, 0) is 14.4 Å². The summed E-state index contributed by atoms with van der Waals surface area (Å²) in [6.07, 6.45) is 2.85. The minimum absolute atomic E-state index is 0.0612. The van der Waals surface area contributed by atoms with E-state index in [4.69, 9.17) is 0 Å². The quantitative estimate of drug-likeness (QED) is 0.753. The monoisotopic (exact) mass is 295 g/mol. The largest absolute Gasteiger partial charge is 0.345 e. The molecule has 1 aliphatic heterocycles. The first-order valence-electron chi connectivity index (χ1n) is 7.39. The molecule has 0 unspecified atom stereocenters. The van der Waals surface area contributed by atoms with Crippen molar-refractivity contribution in [3.63, 3.8) is 0 Å². The third-order valence-corrected chi connectivity index (χ3v) is 3.81. The summed E-state index contributed by atoms with van der Waals surface area (Å²) in [5.41, 5.74) is 0. The molecule has 6 heteroatoms. The predicted molar refractivity (Wildman–Crippen MR) is 80.5 cm³/mol. The Morgan fingerprint density at radius 3 is 2.38 bits per heavy atom. The molecule has 1 heterocycles. The van der Waals surface area contributed by atoms with Crippen molar-refractivity contribution in [2.45, 2.75) is 45.7 Å². The lowest BCUT2D eigenvalue weighted by Crippen LogP contribution is -2.52. The summed E-state index contributed by atoms with van der Waals surface area (Å²) in [4.78, 5) is 38.5. The highest BCUT2D eigenvalue weighted by Crippen LogP contribution is 2.17. The minimum Gasteiger partial charge on any atom is -0.345 e. The Hall–Kier alpha value is -1.85. The van der Waals surface area contributed by atoms with Crippen LogP contribution in [0.2, 0.25) is 0 Å². The topological polar surface area (TPSA) is 69.7 Å². The van der Waals surface area contributed by atoms with Gasteiger partial charge in [0.2, 0.25) is 17.7 Å². The van der Waals surface area contributed by atoms with E-state index in [1.54, 1.807) is 16.7 Å². The molecule has 0 aromatic carbocycles. The van der Waals surface area contributed by atoms with E-state index in [9.17, 15) is 14.4 Å². The number of carbonyl (C=O) groups excluding carboxylic acids is 3. The van der Waals surface area contributed by atoms with Crippen LogP contribution >= 0.6 is 0 Å². The van der Waals surface area contributed by atoms with Crippen LogP contribution in [0.5, 0.6) is 0 Å². The van der Waals surface area contributed by atoms with Gasteiger partial charge in [-0.1, -0.05) is 6.58 Å². The van der Waals surface area contributed by atoms with Gasteiger partial charge in [-0.15, -0.1) is 0 Å². The summed E-state index contributed by atoms with van der Waals surface area (Å²) in [5, 5.41) is 2.60. The maximum atomic E-state index is 12.2. The lowest BCUT2D eigenvalue weighted by Gasteiger charge is -2.38. The highest BCUT2D eigenvalue weighted by atomic mass is 16.2. The molecule has 0 saturated carbocycles. The van der Waals surface area contributed by atoms with Crippen LogP contribution < -0.4 is 5.32 Å². The van der Waals surface area contributed by atoms with Gasteiger partial charge in [-0.3, -0.25) is 14.4 Å². The van der Waals surface area contributed by atoms with Crippen molar-refractivity contribution in [2.75, 3.05) is 19.6 Å². The van der Waals surface area contributed by atoms with Gasteiger partial charge < -0.3 is 15.1 Å². The molecule has 1 atom stereocenters. The summed E-state index contributed by atoms with van der Waals surface area (Å²) in [6.45, 7) is 10.4. The summed E-state index contributed by atoms with van der Waals surface area (Å²) < 4.78 is 0. The van der Waals surface area contributed by atoms with Crippen LogP contribution in [0.25, 0.3) is 0 Å². The van der Waals surface area contributed by atoms with Crippen molar-refractivity contribution in [3.8, 4) is 0 Å². The maximum Gasteiger partial charge on any atom is 0.246 e. The second-order valence-corrected chi connectivity index (χ2v) is 5.31. The summed E-state index contributed by atoms with van der Waals surface area (Å²) >= 11 is 0. The first kappa shape index (κ1) is 17.2. The molecule has 118 valence electrons. The lowest BCUT2D eigenvalue weighted by atomic mass is 10.0. The van der Waals surface area contributed by atoms with Gasteiger partial charge in [-0.05, 0) is 32.8 Å². The Bertz CT molecular complexity index is 414. The fourth-order valence-electron chi connectivity index (χ4n) is 2.75. The molecule has 0 radical (unpaired) electrons. The third kappa shape index (κ3) is 4.58. The van der Waals surface area contributed by atoms with Crippen molar-refractivity contribution in [3.05, 3.63) is 12.7 Å². The lowest BCUT2D eigenvalue weighted by molar-refractivity contribution is -0.137. The van der Waals surface area contributed by atoms with Crippen LogP contribution in [0.1, 0.15) is 33.6 Å². The number of carbonyl (C=O) groups is 3. The molecule has 0 bridgehead atoms. The van der Waals surface area contributed by atoms with Gasteiger partial charge in [0.15, 0.2) is 0 Å². The standard InChI is InChI=1S/C15H25N3O3/c1-5-14(20)18(6-2)13-7-9-17(10-8-13)15(21)11(3)16-12(4)19/h5,11,13H,1,6-10H2,2-4H3,(H,16,19)/t11-/m1/s1. The van der Waals surface area contributed by atoms with Crippen molar-refractivity contribution in [2.24, 2.45) is 0 Å². The van der Waals surface area contributed by atoms with Crippen LogP contribution in [0.4, 0.5) is 0 Å². The summed E-state index contributed by atoms with van der Waals surface area (Å²) in [5.74, 6) is -0.338. The normalized spacial score (nSPS) is 17.0. The van der Waals surface area contributed by atoms with Gasteiger partial charge in [-0.25, -0.2) is 0 Å². The summed E-state index contributed by atoms with van der Waals surface area (Å²) in [7, 11) is 0. The number of likely N-dealkylation sites (N-methyl/N-ethyl adjacent to an activating group) is 1. The Labute approximate surface area is 126 Å². The zero-order valence-corrected chi connectivity index (χ0v) is 13.1. The van der Waals surface area contributed by atoms with Crippen LogP contribution in [-0.4, -0.2) is 59.2 Å². The second-order valence-electron chi connectivity index (χ2n) is 5.31. The molecule has 1 saturated heterocycles. The first-order valence-corrected chi connectivity index (χ1v) is 7.39. The molecular weight excluding hydrogens is 270 g/mol. The fourth-order valence-corrected chi connectivity index (χ4v) is 2.75. The highest BCUT2D eigenvalue weighted by molar-refractivity contribution is 5.87. The second kappa shape index (κ2) is 7.81. The molecule has 1 N–H and O–H groups in total. The number of amides is 3. The maximum absolute atomic E-state index is 12.2. The van der Waals surface area contributed by atoms with E-state index in [-0.39, 0.29) is 23.8 Å². The molecule has 3 amide bonds. The van der Waals surface area contributed by atoms with Crippen molar-refractivity contribution < 1.29 is 14.4 Å². The number of hydrogen-bond donors (Lipinski definition) is 1. The fraction of sp³-hybridized carbons (Fsp3) is 0.667. The Balaban J connectivity index is 2.55. The van der Waals surface area contributed by atoms with Gasteiger partial charge in [0.05, 0.1) is 0 Å².